The van der Waals surface area contributed by atoms with E-state index in [0.29, 0.717) is 11.9 Å². The topological polar surface area (TPSA) is 56.7 Å². The van der Waals surface area contributed by atoms with Gasteiger partial charge < -0.3 is 15.5 Å². The Bertz CT molecular complexity index is 467. The highest BCUT2D eigenvalue weighted by Gasteiger charge is 2.31. The minimum atomic E-state index is 0.288. The molecule has 0 radical (unpaired) electrons. The van der Waals surface area contributed by atoms with Crippen molar-refractivity contribution in [1.29, 1.82) is 0 Å². The molecule has 148 valence electrons. The van der Waals surface area contributed by atoms with Crippen molar-refractivity contribution in [3.63, 3.8) is 0 Å². The van der Waals surface area contributed by atoms with Crippen LogP contribution in [0.3, 0.4) is 0 Å². The summed E-state index contributed by atoms with van der Waals surface area (Å²) < 4.78 is 0. The van der Waals surface area contributed by atoms with Crippen LogP contribution in [0.5, 0.6) is 0 Å². The van der Waals surface area contributed by atoms with E-state index >= 15 is 0 Å². The molecular formula is C21H38N4O. The highest BCUT2D eigenvalue weighted by Crippen LogP contribution is 2.28. The van der Waals surface area contributed by atoms with Crippen LogP contribution in [-0.4, -0.2) is 49.5 Å². The van der Waals surface area contributed by atoms with Gasteiger partial charge in [-0.3, -0.25) is 9.79 Å². The number of nitrogens with one attached hydrogen (secondary N) is 2. The molecular weight excluding hydrogens is 324 g/mol. The molecule has 1 heterocycles. The zero-order valence-corrected chi connectivity index (χ0v) is 16.6. The first-order valence-corrected chi connectivity index (χ1v) is 11.0. The molecule has 5 heteroatoms. The van der Waals surface area contributed by atoms with Crippen LogP contribution in [-0.2, 0) is 4.79 Å². The van der Waals surface area contributed by atoms with Gasteiger partial charge in [0.25, 0.3) is 0 Å². The summed E-state index contributed by atoms with van der Waals surface area (Å²) in [5, 5.41) is 6.99. The van der Waals surface area contributed by atoms with Crippen molar-refractivity contribution in [2.24, 2.45) is 16.8 Å². The van der Waals surface area contributed by atoms with Crippen LogP contribution in [0.1, 0.15) is 77.0 Å². The number of likely N-dealkylation sites (tertiary alicyclic amines) is 1. The smallest absolute Gasteiger partial charge is 0.225 e. The van der Waals surface area contributed by atoms with Gasteiger partial charge in [-0.15, -0.1) is 0 Å². The first-order chi connectivity index (χ1) is 12.8. The SMILES string of the molecule is CN=C(NCCCC1CCCC1)NC1CCN(C(=O)C2CCCCC2)C1. The van der Waals surface area contributed by atoms with Crippen LogP contribution in [0.25, 0.3) is 0 Å². The minimum Gasteiger partial charge on any atom is -0.356 e. The maximum Gasteiger partial charge on any atom is 0.225 e. The predicted octanol–water partition coefficient (Wildman–Crippen LogP) is 3.30. The van der Waals surface area contributed by atoms with E-state index in [1.807, 2.05) is 7.05 Å². The Kier molecular flexibility index (Phi) is 7.63. The van der Waals surface area contributed by atoms with Crippen LogP contribution in [0.4, 0.5) is 0 Å². The molecule has 0 aromatic heterocycles. The maximum atomic E-state index is 12.7. The third kappa shape index (κ3) is 5.62. The lowest BCUT2D eigenvalue weighted by molar-refractivity contribution is -0.135. The Balaban J connectivity index is 1.34. The lowest BCUT2D eigenvalue weighted by Crippen LogP contribution is -2.45. The van der Waals surface area contributed by atoms with E-state index < -0.39 is 0 Å². The monoisotopic (exact) mass is 362 g/mol. The van der Waals surface area contributed by atoms with Crippen molar-refractivity contribution in [2.75, 3.05) is 26.7 Å². The summed E-state index contributed by atoms with van der Waals surface area (Å²) in [4.78, 5) is 19.1. The third-order valence-corrected chi connectivity index (χ3v) is 6.58. The molecule has 0 spiro atoms. The number of hydrogen-bond donors (Lipinski definition) is 2. The molecule has 1 aliphatic heterocycles. The van der Waals surface area contributed by atoms with Gasteiger partial charge in [-0.2, -0.15) is 0 Å². The number of hydrogen-bond acceptors (Lipinski definition) is 2. The van der Waals surface area contributed by atoms with E-state index in [0.717, 1.165) is 50.8 Å². The van der Waals surface area contributed by atoms with Crippen LogP contribution >= 0.6 is 0 Å². The fourth-order valence-corrected chi connectivity index (χ4v) is 4.97. The lowest BCUT2D eigenvalue weighted by Gasteiger charge is -2.26. The van der Waals surface area contributed by atoms with E-state index in [2.05, 4.69) is 20.5 Å². The third-order valence-electron chi connectivity index (χ3n) is 6.58. The van der Waals surface area contributed by atoms with Crippen LogP contribution < -0.4 is 10.6 Å². The highest BCUT2D eigenvalue weighted by atomic mass is 16.2. The Morgan fingerprint density at radius 3 is 2.50 bits per heavy atom. The molecule has 2 N–H and O–H groups in total. The van der Waals surface area contributed by atoms with Crippen molar-refractivity contribution in [2.45, 2.75) is 83.1 Å². The lowest BCUT2D eigenvalue weighted by atomic mass is 9.88. The summed E-state index contributed by atoms with van der Waals surface area (Å²) in [6.45, 7) is 2.72. The summed E-state index contributed by atoms with van der Waals surface area (Å²) in [6, 6.07) is 0.337. The second kappa shape index (κ2) is 10.2. The van der Waals surface area contributed by atoms with Gasteiger partial charge in [0.15, 0.2) is 5.96 Å². The molecule has 1 saturated heterocycles. The van der Waals surface area contributed by atoms with Crippen molar-refractivity contribution in [1.82, 2.24) is 15.5 Å². The van der Waals surface area contributed by atoms with Gasteiger partial charge in [-0.05, 0) is 38.0 Å². The predicted molar refractivity (Wildman–Crippen MR) is 107 cm³/mol. The second-order valence-electron chi connectivity index (χ2n) is 8.54. The molecule has 5 nitrogen and oxygen atoms in total. The Hall–Kier alpha value is -1.26. The zero-order valence-electron chi connectivity index (χ0n) is 16.6. The Morgan fingerprint density at radius 1 is 1.04 bits per heavy atom. The van der Waals surface area contributed by atoms with E-state index in [1.54, 1.807) is 0 Å². The minimum absolute atomic E-state index is 0.288. The van der Waals surface area contributed by atoms with E-state index in [1.165, 1.54) is 57.8 Å². The molecule has 0 aromatic rings. The fraction of sp³-hybridized carbons (Fsp3) is 0.905. The van der Waals surface area contributed by atoms with Gasteiger partial charge >= 0.3 is 0 Å². The van der Waals surface area contributed by atoms with Crippen molar-refractivity contribution < 1.29 is 4.79 Å². The quantitative estimate of drug-likeness (QED) is 0.433. The second-order valence-corrected chi connectivity index (χ2v) is 8.54. The van der Waals surface area contributed by atoms with Gasteiger partial charge in [-0.25, -0.2) is 0 Å². The number of aliphatic imine (C=N–C) groups is 1. The molecule has 0 aromatic carbocycles. The highest BCUT2D eigenvalue weighted by molar-refractivity contribution is 5.81. The van der Waals surface area contributed by atoms with Gasteiger partial charge in [0.1, 0.15) is 0 Å². The van der Waals surface area contributed by atoms with Gasteiger partial charge in [0.2, 0.25) is 5.91 Å². The number of carbonyl (C=O) groups excluding carboxylic acids is 1. The van der Waals surface area contributed by atoms with E-state index in [4.69, 9.17) is 0 Å². The fourth-order valence-electron chi connectivity index (χ4n) is 4.97. The molecule has 2 aliphatic carbocycles. The number of amides is 1. The first-order valence-electron chi connectivity index (χ1n) is 11.0. The number of rotatable bonds is 6. The van der Waals surface area contributed by atoms with Crippen LogP contribution in [0.15, 0.2) is 4.99 Å². The van der Waals surface area contributed by atoms with Gasteiger partial charge in [0.05, 0.1) is 0 Å². The number of nitrogens with zero attached hydrogens (tertiary/aromatic N) is 2. The number of carbonyl (C=O) groups is 1. The van der Waals surface area contributed by atoms with Crippen LogP contribution in [0, 0.1) is 11.8 Å². The van der Waals surface area contributed by atoms with Crippen molar-refractivity contribution in [3.8, 4) is 0 Å². The molecule has 0 bridgehead atoms. The zero-order chi connectivity index (χ0) is 18.2. The molecule has 3 fully saturated rings. The van der Waals surface area contributed by atoms with Gasteiger partial charge in [-0.1, -0.05) is 44.9 Å². The Labute approximate surface area is 159 Å². The van der Waals surface area contributed by atoms with Crippen molar-refractivity contribution >= 4 is 11.9 Å². The average molecular weight is 363 g/mol. The standard InChI is InChI=1S/C21H38N4O/c1-22-21(23-14-7-10-17-8-5-6-9-17)24-19-13-15-25(16-19)20(26)18-11-3-2-4-12-18/h17-19H,2-16H2,1H3,(H2,22,23,24). The van der Waals surface area contributed by atoms with E-state index in [-0.39, 0.29) is 5.92 Å². The first kappa shape index (κ1) is 19.5. The molecule has 2 saturated carbocycles. The summed E-state index contributed by atoms with van der Waals surface area (Å²) in [7, 11) is 1.84. The summed E-state index contributed by atoms with van der Waals surface area (Å²) in [6.07, 6.45) is 15.3. The summed E-state index contributed by atoms with van der Waals surface area (Å²) in [5.74, 6) is 2.54. The summed E-state index contributed by atoms with van der Waals surface area (Å²) in [5.41, 5.74) is 0. The molecule has 1 unspecified atom stereocenters. The van der Waals surface area contributed by atoms with E-state index in [9.17, 15) is 4.79 Å². The molecule has 1 amide bonds. The number of guanidine groups is 1. The van der Waals surface area contributed by atoms with Crippen LogP contribution in [0.2, 0.25) is 0 Å². The molecule has 1 atom stereocenters. The Morgan fingerprint density at radius 2 is 1.77 bits per heavy atom. The largest absolute Gasteiger partial charge is 0.356 e. The normalized spacial score (nSPS) is 25.7. The molecule has 3 aliphatic rings. The molecule has 26 heavy (non-hydrogen) atoms. The van der Waals surface area contributed by atoms with Gasteiger partial charge in [0, 0.05) is 38.6 Å². The van der Waals surface area contributed by atoms with Crippen molar-refractivity contribution in [3.05, 3.63) is 0 Å². The maximum absolute atomic E-state index is 12.7. The summed E-state index contributed by atoms with van der Waals surface area (Å²) >= 11 is 0. The molecule has 3 rings (SSSR count). The average Bonchev–Trinajstić information content (AvgIpc) is 3.36.